The molecule has 0 aliphatic heterocycles. The third-order valence-electron chi connectivity index (χ3n) is 2.28. The largest absolute Gasteiger partial charge is 0.512 e. The van der Waals surface area contributed by atoms with Gasteiger partial charge in [-0.1, -0.05) is 29.8 Å². The Balaban J connectivity index is 2.64. The van der Waals surface area contributed by atoms with Crippen molar-refractivity contribution in [2.45, 2.75) is 20.3 Å². The molecule has 4 nitrogen and oxygen atoms in total. The summed E-state index contributed by atoms with van der Waals surface area (Å²) >= 11 is 0. The molecule has 0 saturated heterocycles. The molecule has 0 unspecified atom stereocenters. The maximum absolute atomic E-state index is 11.3. The molecule has 0 bridgehead atoms. The fourth-order valence-corrected chi connectivity index (χ4v) is 1.38. The van der Waals surface area contributed by atoms with Gasteiger partial charge in [-0.25, -0.2) is 4.79 Å². The standard InChI is InChI=1S/C14H16O4/c1-3-18-14(17)13(16)9-12(15)8-11-6-4-10(2)5-7-11/h4-7,9,15H,3,8H2,1-2H3/b12-9-. The zero-order valence-corrected chi connectivity index (χ0v) is 10.5. The maximum atomic E-state index is 11.3. The van der Waals surface area contributed by atoms with Gasteiger partial charge in [-0.05, 0) is 19.4 Å². The van der Waals surface area contributed by atoms with Crippen molar-refractivity contribution in [1.82, 2.24) is 0 Å². The van der Waals surface area contributed by atoms with E-state index >= 15 is 0 Å². The van der Waals surface area contributed by atoms with Crippen molar-refractivity contribution < 1.29 is 19.4 Å². The second-order valence-corrected chi connectivity index (χ2v) is 3.88. The molecule has 0 radical (unpaired) electrons. The Bertz CT molecular complexity index is 457. The summed E-state index contributed by atoms with van der Waals surface area (Å²) in [6, 6.07) is 7.54. The van der Waals surface area contributed by atoms with Gasteiger partial charge in [0, 0.05) is 12.5 Å². The van der Waals surface area contributed by atoms with E-state index in [1.54, 1.807) is 6.92 Å². The number of ether oxygens (including phenoxy) is 1. The number of aliphatic hydroxyl groups is 1. The van der Waals surface area contributed by atoms with Crippen LogP contribution in [0.5, 0.6) is 0 Å². The Labute approximate surface area is 106 Å². The molecule has 0 amide bonds. The number of aliphatic hydroxyl groups excluding tert-OH is 1. The number of aryl methyl sites for hydroxylation is 1. The fraction of sp³-hybridized carbons (Fsp3) is 0.286. The summed E-state index contributed by atoms with van der Waals surface area (Å²) in [5, 5.41) is 9.59. The SMILES string of the molecule is CCOC(=O)C(=O)/C=C(\O)Cc1ccc(C)cc1. The highest BCUT2D eigenvalue weighted by molar-refractivity contribution is 6.38. The van der Waals surface area contributed by atoms with E-state index in [1.807, 2.05) is 31.2 Å². The van der Waals surface area contributed by atoms with Gasteiger partial charge in [-0.15, -0.1) is 0 Å². The Morgan fingerprint density at radius 2 is 1.89 bits per heavy atom. The van der Waals surface area contributed by atoms with Gasteiger partial charge in [0.25, 0.3) is 5.78 Å². The van der Waals surface area contributed by atoms with Gasteiger partial charge >= 0.3 is 5.97 Å². The van der Waals surface area contributed by atoms with E-state index in [-0.39, 0.29) is 18.8 Å². The first-order valence-electron chi connectivity index (χ1n) is 5.69. The maximum Gasteiger partial charge on any atom is 0.379 e. The molecule has 1 rings (SSSR count). The lowest BCUT2D eigenvalue weighted by Gasteiger charge is -2.02. The molecule has 0 aromatic heterocycles. The summed E-state index contributed by atoms with van der Waals surface area (Å²) in [6.45, 7) is 3.71. The van der Waals surface area contributed by atoms with Crippen molar-refractivity contribution in [2.75, 3.05) is 6.61 Å². The Kier molecular flexibility index (Phi) is 5.11. The molecule has 1 aromatic rings. The van der Waals surface area contributed by atoms with Gasteiger partial charge in [0.1, 0.15) is 5.76 Å². The highest BCUT2D eigenvalue weighted by atomic mass is 16.5. The molecule has 0 fully saturated rings. The van der Waals surface area contributed by atoms with Crippen LogP contribution < -0.4 is 0 Å². The second kappa shape index (κ2) is 6.59. The van der Waals surface area contributed by atoms with E-state index in [1.165, 1.54) is 0 Å². The molecule has 0 heterocycles. The average molecular weight is 248 g/mol. The lowest BCUT2D eigenvalue weighted by Crippen LogP contribution is -2.15. The first kappa shape index (κ1) is 14.0. The van der Waals surface area contributed by atoms with E-state index in [9.17, 15) is 14.7 Å². The van der Waals surface area contributed by atoms with Gasteiger partial charge in [-0.3, -0.25) is 4.79 Å². The van der Waals surface area contributed by atoms with Gasteiger partial charge in [0.15, 0.2) is 0 Å². The average Bonchev–Trinajstić information content (AvgIpc) is 2.32. The molecule has 0 aliphatic carbocycles. The number of carbonyl (C=O) groups is 2. The zero-order chi connectivity index (χ0) is 13.5. The lowest BCUT2D eigenvalue weighted by molar-refractivity contribution is -0.151. The molecular formula is C14H16O4. The van der Waals surface area contributed by atoms with Crippen LogP contribution in [0.4, 0.5) is 0 Å². The minimum absolute atomic E-state index is 0.136. The molecule has 96 valence electrons. The van der Waals surface area contributed by atoms with E-state index in [4.69, 9.17) is 0 Å². The highest BCUT2D eigenvalue weighted by Gasteiger charge is 2.12. The zero-order valence-electron chi connectivity index (χ0n) is 10.5. The Morgan fingerprint density at radius 3 is 2.44 bits per heavy atom. The highest BCUT2D eigenvalue weighted by Crippen LogP contribution is 2.08. The number of allylic oxidation sites excluding steroid dienone is 1. The monoisotopic (exact) mass is 248 g/mol. The molecule has 1 N–H and O–H groups in total. The number of benzene rings is 1. The summed E-state index contributed by atoms with van der Waals surface area (Å²) in [5.74, 6) is -1.95. The number of esters is 1. The summed E-state index contributed by atoms with van der Waals surface area (Å²) in [6.07, 6.45) is 1.11. The molecule has 1 aromatic carbocycles. The van der Waals surface area contributed by atoms with Crippen molar-refractivity contribution in [2.24, 2.45) is 0 Å². The smallest absolute Gasteiger partial charge is 0.379 e. The van der Waals surface area contributed by atoms with Crippen LogP contribution >= 0.6 is 0 Å². The second-order valence-electron chi connectivity index (χ2n) is 3.88. The first-order valence-corrected chi connectivity index (χ1v) is 5.69. The Morgan fingerprint density at radius 1 is 1.28 bits per heavy atom. The number of ketones is 1. The fourth-order valence-electron chi connectivity index (χ4n) is 1.38. The van der Waals surface area contributed by atoms with Gasteiger partial charge in [0.05, 0.1) is 6.61 Å². The molecule has 0 aliphatic rings. The summed E-state index contributed by atoms with van der Waals surface area (Å²) < 4.78 is 4.53. The molecular weight excluding hydrogens is 232 g/mol. The summed E-state index contributed by atoms with van der Waals surface area (Å²) in [7, 11) is 0. The third-order valence-corrected chi connectivity index (χ3v) is 2.28. The van der Waals surface area contributed by atoms with Crippen LogP contribution in [0.1, 0.15) is 18.1 Å². The Hall–Kier alpha value is -2.10. The van der Waals surface area contributed by atoms with Crippen LogP contribution in [0.3, 0.4) is 0 Å². The van der Waals surface area contributed by atoms with Crippen molar-refractivity contribution in [3.05, 3.63) is 47.2 Å². The number of carbonyl (C=O) groups excluding carboxylic acids is 2. The van der Waals surface area contributed by atoms with Crippen molar-refractivity contribution in [3.63, 3.8) is 0 Å². The number of hydrogen-bond donors (Lipinski definition) is 1. The summed E-state index contributed by atoms with van der Waals surface area (Å²) in [5.41, 5.74) is 1.98. The van der Waals surface area contributed by atoms with Crippen LogP contribution in [-0.2, 0) is 20.7 Å². The van der Waals surface area contributed by atoms with Crippen molar-refractivity contribution >= 4 is 11.8 Å². The van der Waals surface area contributed by atoms with E-state index in [2.05, 4.69) is 4.74 Å². The minimum atomic E-state index is -0.951. The van der Waals surface area contributed by atoms with Crippen LogP contribution in [0.15, 0.2) is 36.1 Å². The molecule has 0 spiro atoms. The predicted octanol–water partition coefficient (Wildman–Crippen LogP) is 2.11. The number of hydrogen-bond acceptors (Lipinski definition) is 4. The number of rotatable bonds is 5. The van der Waals surface area contributed by atoms with E-state index < -0.39 is 11.8 Å². The predicted molar refractivity (Wildman–Crippen MR) is 67.2 cm³/mol. The molecule has 0 atom stereocenters. The van der Waals surface area contributed by atoms with E-state index in [0.717, 1.165) is 17.2 Å². The first-order chi connectivity index (χ1) is 8.52. The van der Waals surface area contributed by atoms with Crippen molar-refractivity contribution in [3.8, 4) is 0 Å². The van der Waals surface area contributed by atoms with Gasteiger partial charge in [-0.2, -0.15) is 0 Å². The lowest BCUT2D eigenvalue weighted by atomic mass is 10.1. The normalized spacial score (nSPS) is 11.1. The van der Waals surface area contributed by atoms with Gasteiger partial charge < -0.3 is 9.84 Å². The van der Waals surface area contributed by atoms with Crippen LogP contribution in [-0.4, -0.2) is 23.5 Å². The quantitative estimate of drug-likeness (QED) is 0.375. The topological polar surface area (TPSA) is 63.6 Å². The minimum Gasteiger partial charge on any atom is -0.512 e. The van der Waals surface area contributed by atoms with Crippen molar-refractivity contribution in [1.29, 1.82) is 0 Å². The summed E-state index contributed by atoms with van der Waals surface area (Å²) in [4.78, 5) is 22.3. The molecule has 4 heteroatoms. The van der Waals surface area contributed by atoms with Crippen LogP contribution in [0.25, 0.3) is 0 Å². The molecule has 0 saturated carbocycles. The van der Waals surface area contributed by atoms with Crippen LogP contribution in [0.2, 0.25) is 0 Å². The third kappa shape index (κ3) is 4.41. The van der Waals surface area contributed by atoms with Gasteiger partial charge in [0.2, 0.25) is 0 Å². The molecule has 18 heavy (non-hydrogen) atoms. The van der Waals surface area contributed by atoms with Crippen LogP contribution in [0, 0.1) is 6.92 Å². The van der Waals surface area contributed by atoms with E-state index in [0.29, 0.717) is 0 Å².